The predicted octanol–water partition coefficient (Wildman–Crippen LogP) is 3.40. The van der Waals surface area contributed by atoms with Gasteiger partial charge in [0.1, 0.15) is 11.4 Å². The Kier molecular flexibility index (Phi) is 5.86. The summed E-state index contributed by atoms with van der Waals surface area (Å²) in [6, 6.07) is 9.98. The second-order valence-electron chi connectivity index (χ2n) is 8.56. The van der Waals surface area contributed by atoms with Crippen LogP contribution in [0.4, 0.5) is 10.1 Å². The minimum Gasteiger partial charge on any atom is -0.477 e. The fraction of sp³-hybridized carbons (Fsp3) is 0.292. The second kappa shape index (κ2) is 8.84. The third-order valence-corrected chi connectivity index (χ3v) is 6.79. The van der Waals surface area contributed by atoms with Crippen molar-refractivity contribution in [3.8, 4) is 0 Å². The Bertz CT molecular complexity index is 1350. The van der Waals surface area contributed by atoms with Gasteiger partial charge in [0.25, 0.3) is 5.91 Å². The maximum atomic E-state index is 15.1. The molecule has 1 saturated heterocycles. The summed E-state index contributed by atoms with van der Waals surface area (Å²) >= 11 is 3.35. The van der Waals surface area contributed by atoms with E-state index in [4.69, 9.17) is 0 Å². The first kappa shape index (κ1) is 22.5. The molecule has 0 unspecified atom stereocenters. The van der Waals surface area contributed by atoms with Crippen LogP contribution in [0, 0.1) is 5.82 Å². The van der Waals surface area contributed by atoms with Crippen molar-refractivity contribution >= 4 is 44.4 Å². The number of carboxylic acids is 1. The van der Waals surface area contributed by atoms with Gasteiger partial charge in [0, 0.05) is 53.8 Å². The number of rotatable bonds is 5. The molecule has 1 aliphatic heterocycles. The second-order valence-corrected chi connectivity index (χ2v) is 9.47. The summed E-state index contributed by atoms with van der Waals surface area (Å²) < 4.78 is 17.8. The lowest BCUT2D eigenvalue weighted by Gasteiger charge is -2.36. The number of benzene rings is 2. The Balaban J connectivity index is 1.36. The van der Waals surface area contributed by atoms with E-state index in [-0.39, 0.29) is 22.9 Å². The van der Waals surface area contributed by atoms with Gasteiger partial charge in [-0.2, -0.15) is 0 Å². The lowest BCUT2D eigenvalue weighted by Crippen LogP contribution is -2.53. The third-order valence-electron chi connectivity index (χ3n) is 6.26. The molecule has 176 valence electrons. The first-order valence-electron chi connectivity index (χ1n) is 11.0. The third kappa shape index (κ3) is 4.30. The van der Waals surface area contributed by atoms with Crippen LogP contribution in [0.2, 0.25) is 0 Å². The first-order valence-corrected chi connectivity index (χ1v) is 11.8. The highest BCUT2D eigenvalue weighted by molar-refractivity contribution is 9.10. The molecule has 8 nitrogen and oxygen atoms in total. The van der Waals surface area contributed by atoms with Crippen molar-refractivity contribution in [3.05, 3.63) is 74.2 Å². The Morgan fingerprint density at radius 1 is 1.06 bits per heavy atom. The summed E-state index contributed by atoms with van der Waals surface area (Å²) in [6.45, 7) is 1.94. The summed E-state index contributed by atoms with van der Waals surface area (Å²) in [5, 5.41) is 11.3. The summed E-state index contributed by atoms with van der Waals surface area (Å²) in [5.74, 6) is -2.09. The SMILES string of the molecule is O=C(NN1CCN(c2cc3c(cc2F)c(=O)c(C(=O)O)cn3C2CC2)CC1)c1ccc(Br)cc1. The normalized spacial score (nSPS) is 16.6. The number of amides is 1. The van der Waals surface area contributed by atoms with Crippen molar-refractivity contribution in [3.63, 3.8) is 0 Å². The van der Waals surface area contributed by atoms with Crippen molar-refractivity contribution in [2.45, 2.75) is 18.9 Å². The molecule has 3 aromatic rings. The van der Waals surface area contributed by atoms with Crippen molar-refractivity contribution in [1.29, 1.82) is 0 Å². The van der Waals surface area contributed by atoms with Crippen LogP contribution < -0.4 is 15.8 Å². The van der Waals surface area contributed by atoms with Gasteiger partial charge in [0.15, 0.2) is 0 Å². The van der Waals surface area contributed by atoms with Gasteiger partial charge in [-0.25, -0.2) is 14.2 Å². The molecule has 1 aromatic heterocycles. The quantitative estimate of drug-likeness (QED) is 0.527. The molecule has 1 aliphatic carbocycles. The number of piperazine rings is 1. The van der Waals surface area contributed by atoms with E-state index in [9.17, 15) is 19.5 Å². The minimum atomic E-state index is -1.31. The molecule has 34 heavy (non-hydrogen) atoms. The number of aromatic carboxylic acids is 1. The average molecular weight is 529 g/mol. The summed E-state index contributed by atoms with van der Waals surface area (Å²) in [5.41, 5.74) is 3.32. The molecule has 0 radical (unpaired) electrons. The molecule has 1 saturated carbocycles. The van der Waals surface area contributed by atoms with E-state index in [1.807, 2.05) is 4.90 Å². The molecule has 0 bridgehead atoms. The van der Waals surface area contributed by atoms with Gasteiger partial charge in [-0.1, -0.05) is 15.9 Å². The highest BCUT2D eigenvalue weighted by Crippen LogP contribution is 2.38. The van der Waals surface area contributed by atoms with Gasteiger partial charge < -0.3 is 14.6 Å². The maximum Gasteiger partial charge on any atom is 0.341 e. The molecule has 0 atom stereocenters. The topological polar surface area (TPSA) is 94.9 Å². The van der Waals surface area contributed by atoms with E-state index in [1.165, 1.54) is 6.20 Å². The predicted molar refractivity (Wildman–Crippen MR) is 129 cm³/mol. The van der Waals surface area contributed by atoms with Gasteiger partial charge in [-0.05, 0) is 49.2 Å². The number of carbonyl (C=O) groups excluding carboxylic acids is 1. The molecule has 2 N–H and O–H groups in total. The molecule has 2 heterocycles. The zero-order chi connectivity index (χ0) is 24.0. The monoisotopic (exact) mass is 528 g/mol. The Hall–Kier alpha value is -3.24. The Labute approximate surface area is 202 Å². The lowest BCUT2D eigenvalue weighted by molar-refractivity contribution is 0.0694. The van der Waals surface area contributed by atoms with E-state index >= 15 is 4.39 Å². The molecule has 1 amide bonds. The molecule has 5 rings (SSSR count). The standard InChI is InChI=1S/C24H22BrFN4O4/c25-15-3-1-14(2-4-15)23(32)27-29-9-7-28(8-10-29)21-12-20-17(11-19(21)26)22(31)18(24(33)34)13-30(20)16-5-6-16/h1-4,11-13,16H,5-10H2,(H,27,32)(H,33,34). The number of halogens is 2. The average Bonchev–Trinajstić information content (AvgIpc) is 3.65. The molecule has 10 heteroatoms. The Morgan fingerprint density at radius 3 is 2.35 bits per heavy atom. The van der Waals surface area contributed by atoms with Crippen LogP contribution in [0.5, 0.6) is 0 Å². The number of nitrogens with one attached hydrogen (secondary N) is 1. The van der Waals surface area contributed by atoms with Gasteiger partial charge in [0.2, 0.25) is 5.43 Å². The summed E-state index contributed by atoms with van der Waals surface area (Å²) in [6.07, 6.45) is 3.16. The number of aromatic nitrogens is 1. The van der Waals surface area contributed by atoms with Crippen LogP contribution in [0.1, 0.15) is 39.6 Å². The molecule has 2 aliphatic rings. The number of carboxylic acid groups (broad SMARTS) is 1. The summed E-state index contributed by atoms with van der Waals surface area (Å²) in [4.78, 5) is 38.5. The van der Waals surface area contributed by atoms with Gasteiger partial charge in [-0.15, -0.1) is 0 Å². The minimum absolute atomic E-state index is 0.0773. The van der Waals surface area contributed by atoms with E-state index in [1.54, 1.807) is 39.9 Å². The number of hydrogen-bond donors (Lipinski definition) is 2. The molecule has 2 aromatic carbocycles. The largest absolute Gasteiger partial charge is 0.477 e. The smallest absolute Gasteiger partial charge is 0.341 e. The van der Waals surface area contributed by atoms with Crippen LogP contribution in [-0.4, -0.2) is 52.7 Å². The molecular weight excluding hydrogens is 507 g/mol. The molecule has 2 fully saturated rings. The number of pyridine rings is 1. The number of hydrazine groups is 1. The molecule has 0 spiro atoms. The Morgan fingerprint density at radius 2 is 1.74 bits per heavy atom. The van der Waals surface area contributed by atoms with Gasteiger partial charge >= 0.3 is 5.97 Å². The van der Waals surface area contributed by atoms with Crippen LogP contribution in [0.15, 0.2) is 51.9 Å². The van der Waals surface area contributed by atoms with Gasteiger partial charge in [0.05, 0.1) is 11.2 Å². The maximum absolute atomic E-state index is 15.1. The van der Waals surface area contributed by atoms with Crippen molar-refractivity contribution in [2.75, 3.05) is 31.1 Å². The number of anilines is 1. The lowest BCUT2D eigenvalue weighted by atomic mass is 10.1. The summed E-state index contributed by atoms with van der Waals surface area (Å²) in [7, 11) is 0. The number of hydrogen-bond acceptors (Lipinski definition) is 5. The van der Waals surface area contributed by atoms with E-state index in [2.05, 4.69) is 21.4 Å². The zero-order valence-electron chi connectivity index (χ0n) is 18.1. The van der Waals surface area contributed by atoms with Crippen LogP contribution in [-0.2, 0) is 0 Å². The fourth-order valence-corrected chi connectivity index (χ4v) is 4.54. The number of nitrogens with zero attached hydrogens (tertiary/aromatic N) is 3. The zero-order valence-corrected chi connectivity index (χ0v) is 19.7. The van der Waals surface area contributed by atoms with Gasteiger partial charge in [-0.3, -0.25) is 15.0 Å². The van der Waals surface area contributed by atoms with E-state index in [0.29, 0.717) is 42.9 Å². The number of carbonyl (C=O) groups is 2. The van der Waals surface area contributed by atoms with E-state index < -0.39 is 17.2 Å². The van der Waals surface area contributed by atoms with Crippen LogP contribution in [0.25, 0.3) is 10.9 Å². The molecular formula is C24H22BrFN4O4. The van der Waals surface area contributed by atoms with Crippen LogP contribution in [0.3, 0.4) is 0 Å². The first-order chi connectivity index (χ1) is 16.3. The van der Waals surface area contributed by atoms with Crippen LogP contribution >= 0.6 is 15.9 Å². The van der Waals surface area contributed by atoms with Crippen molar-refractivity contribution in [2.24, 2.45) is 0 Å². The van der Waals surface area contributed by atoms with Crippen molar-refractivity contribution < 1.29 is 19.1 Å². The fourth-order valence-electron chi connectivity index (χ4n) is 4.28. The van der Waals surface area contributed by atoms with E-state index in [0.717, 1.165) is 23.4 Å². The number of fused-ring (bicyclic) bond motifs is 1. The highest BCUT2D eigenvalue weighted by Gasteiger charge is 2.28. The van der Waals surface area contributed by atoms with Crippen molar-refractivity contribution in [1.82, 2.24) is 15.0 Å². The highest BCUT2D eigenvalue weighted by atomic mass is 79.9.